The van der Waals surface area contributed by atoms with Crippen LogP contribution in [0.15, 0.2) is 48.5 Å². The monoisotopic (exact) mass is 464 g/mol. The van der Waals surface area contributed by atoms with E-state index in [2.05, 4.69) is 29.6 Å². The standard InChI is InChI=1S/C27H32N2O5/c1-16(2)23(24(30)29-13-17(3)27(4,15-29)25(31)32)28-26(33)34-14-22-20-11-7-5-9-18(20)19-10-6-8-12-21(19)22/h5-12,16-17,22-23H,13-15H2,1-4H3,(H,28,33)(H,31,32)/t17?,23-,27?/m1/s1. The van der Waals surface area contributed by atoms with Gasteiger partial charge in [-0.2, -0.15) is 0 Å². The SMILES string of the molecule is CC(C)[C@@H](NC(=O)OCC1c2ccccc2-c2ccccc21)C(=O)N1CC(C)C(C)(C(=O)O)C1. The number of alkyl carbamates (subject to hydrolysis) is 1. The zero-order chi connectivity index (χ0) is 24.6. The summed E-state index contributed by atoms with van der Waals surface area (Å²) in [5.74, 6) is -1.63. The predicted molar refractivity (Wildman–Crippen MR) is 128 cm³/mol. The molecule has 0 bridgehead atoms. The second-order valence-electron chi connectivity index (χ2n) is 10.0. The molecule has 2 amide bonds. The van der Waals surface area contributed by atoms with Gasteiger partial charge in [0.25, 0.3) is 0 Å². The van der Waals surface area contributed by atoms with Crippen LogP contribution in [0.25, 0.3) is 11.1 Å². The Morgan fingerprint density at radius 3 is 2.15 bits per heavy atom. The molecule has 1 fully saturated rings. The van der Waals surface area contributed by atoms with E-state index in [0.717, 1.165) is 22.3 Å². The number of fused-ring (bicyclic) bond motifs is 3. The molecule has 0 aromatic heterocycles. The molecule has 2 aliphatic rings. The molecular formula is C27H32N2O5. The number of hydrogen-bond donors (Lipinski definition) is 2. The highest BCUT2D eigenvalue weighted by molar-refractivity contribution is 5.87. The van der Waals surface area contributed by atoms with E-state index in [1.807, 2.05) is 45.0 Å². The Morgan fingerprint density at radius 2 is 1.65 bits per heavy atom. The van der Waals surface area contributed by atoms with Gasteiger partial charge in [0.1, 0.15) is 12.6 Å². The number of benzene rings is 2. The molecule has 2 aromatic rings. The van der Waals surface area contributed by atoms with Crippen molar-refractivity contribution in [2.24, 2.45) is 17.3 Å². The fourth-order valence-corrected chi connectivity index (χ4v) is 5.07. The third-order valence-corrected chi connectivity index (χ3v) is 7.45. The number of carbonyl (C=O) groups excluding carboxylic acids is 2. The number of aliphatic carboxylic acids is 1. The normalized spacial score (nSPS) is 22.3. The van der Waals surface area contributed by atoms with Gasteiger partial charge in [0.05, 0.1) is 5.41 Å². The summed E-state index contributed by atoms with van der Waals surface area (Å²) in [5, 5.41) is 12.4. The lowest BCUT2D eigenvalue weighted by molar-refractivity contribution is -0.149. The summed E-state index contributed by atoms with van der Waals surface area (Å²) in [6.45, 7) is 7.83. The fraction of sp³-hybridized carbons (Fsp3) is 0.444. The predicted octanol–water partition coefficient (Wildman–Crippen LogP) is 4.12. The van der Waals surface area contributed by atoms with Crippen LogP contribution in [0.2, 0.25) is 0 Å². The van der Waals surface area contributed by atoms with Crippen LogP contribution in [0.1, 0.15) is 44.7 Å². The first kappa shape index (κ1) is 23.8. The van der Waals surface area contributed by atoms with Crippen molar-refractivity contribution >= 4 is 18.0 Å². The molecule has 2 unspecified atom stereocenters. The zero-order valence-corrected chi connectivity index (χ0v) is 20.1. The minimum atomic E-state index is -0.999. The number of likely N-dealkylation sites (tertiary alicyclic amines) is 1. The first-order valence-electron chi connectivity index (χ1n) is 11.8. The topological polar surface area (TPSA) is 95.9 Å². The van der Waals surface area contributed by atoms with Crippen molar-refractivity contribution in [2.75, 3.05) is 19.7 Å². The van der Waals surface area contributed by atoms with Crippen molar-refractivity contribution in [1.29, 1.82) is 0 Å². The van der Waals surface area contributed by atoms with Gasteiger partial charge in [-0.1, -0.05) is 69.3 Å². The lowest BCUT2D eigenvalue weighted by Gasteiger charge is -2.27. The first-order chi connectivity index (χ1) is 16.1. The lowest BCUT2D eigenvalue weighted by Crippen LogP contribution is -2.51. The maximum Gasteiger partial charge on any atom is 0.407 e. The number of carboxylic acid groups (broad SMARTS) is 1. The minimum absolute atomic E-state index is 0.0675. The third-order valence-electron chi connectivity index (χ3n) is 7.45. The molecule has 1 heterocycles. The Labute approximate surface area is 200 Å². The van der Waals surface area contributed by atoms with Crippen molar-refractivity contribution in [3.05, 3.63) is 59.7 Å². The van der Waals surface area contributed by atoms with Gasteiger partial charge in [0.15, 0.2) is 0 Å². The zero-order valence-electron chi connectivity index (χ0n) is 20.1. The molecule has 0 radical (unpaired) electrons. The van der Waals surface area contributed by atoms with E-state index in [4.69, 9.17) is 4.74 Å². The summed E-state index contributed by atoms with van der Waals surface area (Å²) in [4.78, 5) is 39.3. The summed E-state index contributed by atoms with van der Waals surface area (Å²) in [6.07, 6.45) is -0.651. The molecule has 3 atom stereocenters. The van der Waals surface area contributed by atoms with Crippen molar-refractivity contribution in [2.45, 2.75) is 39.7 Å². The summed E-state index contributed by atoms with van der Waals surface area (Å²) >= 11 is 0. The highest BCUT2D eigenvalue weighted by Gasteiger charge is 2.49. The van der Waals surface area contributed by atoms with Crippen LogP contribution in [-0.4, -0.2) is 53.7 Å². The van der Waals surface area contributed by atoms with Crippen molar-refractivity contribution in [3.8, 4) is 11.1 Å². The molecule has 2 N–H and O–H groups in total. The van der Waals surface area contributed by atoms with E-state index < -0.39 is 23.5 Å². The van der Waals surface area contributed by atoms with Crippen molar-refractivity contribution < 1.29 is 24.2 Å². The largest absolute Gasteiger partial charge is 0.481 e. The Bertz CT molecular complexity index is 1070. The second kappa shape index (κ2) is 9.12. The van der Waals surface area contributed by atoms with Gasteiger partial charge in [-0.3, -0.25) is 9.59 Å². The average molecular weight is 465 g/mol. The number of ether oxygens (including phenoxy) is 1. The summed E-state index contributed by atoms with van der Waals surface area (Å²) < 4.78 is 5.62. The van der Waals surface area contributed by atoms with Gasteiger partial charge in [-0.05, 0) is 41.0 Å². The highest BCUT2D eigenvalue weighted by Crippen LogP contribution is 2.44. The third kappa shape index (κ3) is 4.15. The first-order valence-corrected chi connectivity index (χ1v) is 11.8. The molecule has 180 valence electrons. The molecule has 7 heteroatoms. The van der Waals surface area contributed by atoms with Crippen LogP contribution in [0.3, 0.4) is 0 Å². The molecule has 7 nitrogen and oxygen atoms in total. The molecule has 1 saturated heterocycles. The van der Waals surface area contributed by atoms with Crippen LogP contribution in [-0.2, 0) is 14.3 Å². The quantitative estimate of drug-likeness (QED) is 0.671. The fourth-order valence-electron chi connectivity index (χ4n) is 5.07. The Morgan fingerprint density at radius 1 is 1.09 bits per heavy atom. The number of amides is 2. The van der Waals surface area contributed by atoms with E-state index in [0.29, 0.717) is 6.54 Å². The Hall–Kier alpha value is -3.35. The number of carboxylic acids is 1. The molecule has 34 heavy (non-hydrogen) atoms. The molecule has 0 spiro atoms. The van der Waals surface area contributed by atoms with Gasteiger partial charge in [-0.25, -0.2) is 4.79 Å². The minimum Gasteiger partial charge on any atom is -0.481 e. The Kier molecular flexibility index (Phi) is 6.39. The maximum atomic E-state index is 13.2. The number of carbonyl (C=O) groups is 3. The smallest absolute Gasteiger partial charge is 0.407 e. The van der Waals surface area contributed by atoms with E-state index in [-0.39, 0.29) is 36.8 Å². The summed E-state index contributed by atoms with van der Waals surface area (Å²) in [5.41, 5.74) is 3.53. The molecule has 1 aliphatic heterocycles. The van der Waals surface area contributed by atoms with E-state index in [9.17, 15) is 19.5 Å². The van der Waals surface area contributed by atoms with Gasteiger partial charge >= 0.3 is 12.1 Å². The van der Waals surface area contributed by atoms with Crippen LogP contribution >= 0.6 is 0 Å². The van der Waals surface area contributed by atoms with Crippen LogP contribution in [0.5, 0.6) is 0 Å². The van der Waals surface area contributed by atoms with Gasteiger partial charge in [0, 0.05) is 19.0 Å². The summed E-state index contributed by atoms with van der Waals surface area (Å²) in [6, 6.07) is 15.4. The van der Waals surface area contributed by atoms with Crippen molar-refractivity contribution in [3.63, 3.8) is 0 Å². The number of hydrogen-bond acceptors (Lipinski definition) is 4. The van der Waals surface area contributed by atoms with Gasteiger partial charge in [0.2, 0.25) is 5.91 Å². The molecule has 1 aliphatic carbocycles. The van der Waals surface area contributed by atoms with Gasteiger partial charge < -0.3 is 20.1 Å². The van der Waals surface area contributed by atoms with Gasteiger partial charge in [-0.15, -0.1) is 0 Å². The molecular weight excluding hydrogens is 432 g/mol. The average Bonchev–Trinajstić information content (AvgIpc) is 3.30. The van der Waals surface area contributed by atoms with Crippen LogP contribution in [0.4, 0.5) is 4.79 Å². The van der Waals surface area contributed by atoms with Crippen LogP contribution < -0.4 is 5.32 Å². The summed E-state index contributed by atoms with van der Waals surface area (Å²) in [7, 11) is 0. The van der Waals surface area contributed by atoms with E-state index >= 15 is 0 Å². The molecule has 0 saturated carbocycles. The highest BCUT2D eigenvalue weighted by atomic mass is 16.5. The van der Waals surface area contributed by atoms with E-state index in [1.165, 1.54) is 0 Å². The van der Waals surface area contributed by atoms with Crippen molar-refractivity contribution in [1.82, 2.24) is 10.2 Å². The second-order valence-corrected chi connectivity index (χ2v) is 10.0. The van der Waals surface area contributed by atoms with E-state index in [1.54, 1.807) is 11.8 Å². The van der Waals surface area contributed by atoms with Crippen LogP contribution in [0, 0.1) is 17.3 Å². The number of nitrogens with zero attached hydrogens (tertiary/aromatic N) is 1. The Balaban J connectivity index is 1.43. The lowest BCUT2D eigenvalue weighted by atomic mass is 9.81. The molecule has 2 aromatic carbocycles. The molecule has 4 rings (SSSR count). The maximum absolute atomic E-state index is 13.2. The number of rotatable bonds is 6. The number of nitrogens with one attached hydrogen (secondary N) is 1.